The second-order valence-electron chi connectivity index (χ2n) is 11.1. The van der Waals surface area contributed by atoms with E-state index >= 15 is 0 Å². The second-order valence-corrected chi connectivity index (χ2v) is 11.1. The zero-order chi connectivity index (χ0) is 31.6. The molecule has 8 heteroatoms. The molecule has 3 N–H and O–H groups in total. The highest BCUT2D eigenvalue weighted by Gasteiger charge is 2.22. The monoisotopic (exact) mass is 603 g/mol. The van der Waals surface area contributed by atoms with Crippen LogP contribution in [0.1, 0.15) is 62.6 Å². The van der Waals surface area contributed by atoms with E-state index in [4.69, 9.17) is 9.47 Å². The first kappa shape index (κ1) is 34.6. The molecule has 0 fully saturated rings. The summed E-state index contributed by atoms with van der Waals surface area (Å²) in [5, 5.41) is 17.5. The van der Waals surface area contributed by atoms with Crippen molar-refractivity contribution in [3.05, 3.63) is 95.6 Å². The van der Waals surface area contributed by atoms with Gasteiger partial charge in [-0.2, -0.15) is 0 Å². The van der Waals surface area contributed by atoms with E-state index in [-0.39, 0.29) is 18.2 Å². The van der Waals surface area contributed by atoms with Crippen LogP contribution in [0.5, 0.6) is 11.5 Å². The summed E-state index contributed by atoms with van der Waals surface area (Å²) in [4.78, 5) is 27.5. The van der Waals surface area contributed by atoms with Crippen molar-refractivity contribution in [1.29, 1.82) is 0 Å². The third kappa shape index (κ3) is 12.4. The molecule has 0 aliphatic carbocycles. The van der Waals surface area contributed by atoms with Gasteiger partial charge in [0.2, 0.25) is 11.8 Å². The molecule has 44 heavy (non-hydrogen) atoms. The number of nitrogens with one attached hydrogen (secondary N) is 2. The predicted molar refractivity (Wildman–Crippen MR) is 175 cm³/mol. The number of rotatable bonds is 20. The molecule has 8 nitrogen and oxygen atoms in total. The number of carbonyl (C=O) groups excluding carboxylic acids is 2. The molecule has 2 atom stereocenters. The Morgan fingerprint density at radius 1 is 0.841 bits per heavy atom. The third-order valence-corrected chi connectivity index (χ3v) is 7.39. The van der Waals surface area contributed by atoms with Crippen LogP contribution in [-0.4, -0.2) is 60.7 Å². The molecule has 3 aromatic rings. The molecule has 0 spiro atoms. The Balaban J connectivity index is 1.58. The van der Waals surface area contributed by atoms with Crippen molar-refractivity contribution in [2.45, 2.75) is 77.7 Å². The minimum absolute atomic E-state index is 0.0920. The topological polar surface area (TPSA) is 100 Å². The van der Waals surface area contributed by atoms with Gasteiger partial charge in [0.25, 0.3) is 0 Å². The summed E-state index contributed by atoms with van der Waals surface area (Å²) in [5.74, 6) is 1.45. The molecular weight excluding hydrogens is 554 g/mol. The number of methoxy groups -OCH3 is 1. The number of amides is 2. The van der Waals surface area contributed by atoms with Crippen molar-refractivity contribution in [1.82, 2.24) is 15.5 Å². The van der Waals surface area contributed by atoms with Gasteiger partial charge in [-0.3, -0.25) is 9.59 Å². The smallest absolute Gasteiger partial charge is 0.222 e. The second kappa shape index (κ2) is 19.4. The molecule has 0 radical (unpaired) electrons. The van der Waals surface area contributed by atoms with Crippen LogP contribution in [0.2, 0.25) is 0 Å². The van der Waals surface area contributed by atoms with Crippen molar-refractivity contribution in [2.24, 2.45) is 0 Å². The van der Waals surface area contributed by atoms with Crippen molar-refractivity contribution in [3.63, 3.8) is 0 Å². The average Bonchev–Trinajstić information content (AvgIpc) is 3.04. The fraction of sp³-hybridized carbons (Fsp3) is 0.444. The SMILES string of the molecule is CCCN(CCC)C(=O)CCCC(=O)N[C@@H](Cc1ccc(OCc2ccccc2)cc1)[C@H](O)CNCc1cccc(OC)c1. The van der Waals surface area contributed by atoms with Crippen LogP contribution in [0.3, 0.4) is 0 Å². The Kier molecular flexibility index (Phi) is 15.3. The fourth-order valence-electron chi connectivity index (χ4n) is 5.03. The van der Waals surface area contributed by atoms with Crippen molar-refractivity contribution in [3.8, 4) is 11.5 Å². The van der Waals surface area contributed by atoms with Crippen LogP contribution >= 0.6 is 0 Å². The van der Waals surface area contributed by atoms with E-state index in [1.165, 1.54) is 0 Å². The maximum atomic E-state index is 13.0. The van der Waals surface area contributed by atoms with E-state index < -0.39 is 12.1 Å². The molecule has 0 heterocycles. The normalized spacial score (nSPS) is 12.3. The van der Waals surface area contributed by atoms with Gasteiger partial charge in [-0.25, -0.2) is 0 Å². The van der Waals surface area contributed by atoms with Gasteiger partial charge >= 0.3 is 0 Å². The molecule has 0 unspecified atom stereocenters. The summed E-state index contributed by atoms with van der Waals surface area (Å²) in [5.41, 5.74) is 3.10. The summed E-state index contributed by atoms with van der Waals surface area (Å²) < 4.78 is 11.2. The van der Waals surface area contributed by atoms with Crippen molar-refractivity contribution in [2.75, 3.05) is 26.7 Å². The summed E-state index contributed by atoms with van der Waals surface area (Å²) in [6.07, 6.45) is 2.49. The molecule has 0 saturated carbocycles. The van der Waals surface area contributed by atoms with Gasteiger partial charge in [0.05, 0.1) is 19.3 Å². The number of ether oxygens (including phenoxy) is 2. The van der Waals surface area contributed by atoms with Crippen LogP contribution in [0.4, 0.5) is 0 Å². The lowest BCUT2D eigenvalue weighted by atomic mass is 10.00. The largest absolute Gasteiger partial charge is 0.497 e. The van der Waals surface area contributed by atoms with Gasteiger partial charge in [0, 0.05) is 39.0 Å². The summed E-state index contributed by atoms with van der Waals surface area (Å²) in [7, 11) is 1.63. The van der Waals surface area contributed by atoms with E-state index in [2.05, 4.69) is 24.5 Å². The summed E-state index contributed by atoms with van der Waals surface area (Å²) >= 11 is 0. The van der Waals surface area contributed by atoms with E-state index in [1.54, 1.807) is 7.11 Å². The third-order valence-electron chi connectivity index (χ3n) is 7.39. The van der Waals surface area contributed by atoms with Gasteiger partial charge < -0.3 is 30.1 Å². The highest BCUT2D eigenvalue weighted by Crippen LogP contribution is 2.17. The zero-order valence-electron chi connectivity index (χ0n) is 26.5. The Morgan fingerprint density at radius 3 is 2.23 bits per heavy atom. The number of aliphatic hydroxyl groups is 1. The first-order chi connectivity index (χ1) is 21.4. The van der Waals surface area contributed by atoms with Crippen LogP contribution in [0, 0.1) is 0 Å². The summed E-state index contributed by atoms with van der Waals surface area (Å²) in [6.45, 7) is 6.93. The minimum atomic E-state index is -0.829. The molecule has 0 saturated heterocycles. The zero-order valence-corrected chi connectivity index (χ0v) is 26.5. The lowest BCUT2D eigenvalue weighted by Gasteiger charge is -2.25. The van der Waals surface area contributed by atoms with E-state index in [1.807, 2.05) is 83.8 Å². The van der Waals surface area contributed by atoms with Gasteiger partial charge in [-0.05, 0) is 66.6 Å². The molecule has 0 bridgehead atoms. The quantitative estimate of drug-likeness (QED) is 0.163. The van der Waals surface area contributed by atoms with Crippen molar-refractivity contribution < 1.29 is 24.2 Å². The van der Waals surface area contributed by atoms with Gasteiger partial charge in [0.1, 0.15) is 18.1 Å². The standard InChI is InChI=1S/C36H49N3O5/c1-4-21-39(22-5-2)36(42)16-10-15-35(41)38-33(34(40)26-37-25-30-13-9-14-32(23-30)43-3)24-28-17-19-31(20-18-28)44-27-29-11-7-6-8-12-29/h6-9,11-14,17-20,23,33-34,37,40H,4-5,10,15-16,21-22,24-27H2,1-3H3,(H,38,41)/t33-,34+/m0/s1. The molecule has 0 aromatic heterocycles. The van der Waals surface area contributed by atoms with E-state index in [0.29, 0.717) is 39.0 Å². The Labute approximate surface area is 262 Å². The van der Waals surface area contributed by atoms with Gasteiger partial charge in [-0.1, -0.05) is 68.4 Å². The first-order valence-corrected chi connectivity index (χ1v) is 15.8. The highest BCUT2D eigenvalue weighted by atomic mass is 16.5. The van der Waals surface area contributed by atoms with E-state index in [0.717, 1.165) is 54.1 Å². The van der Waals surface area contributed by atoms with Crippen LogP contribution in [0.15, 0.2) is 78.9 Å². The van der Waals surface area contributed by atoms with Crippen LogP contribution in [-0.2, 0) is 29.2 Å². The highest BCUT2D eigenvalue weighted by molar-refractivity contribution is 5.79. The average molecular weight is 604 g/mol. The number of carbonyl (C=O) groups is 2. The van der Waals surface area contributed by atoms with E-state index in [9.17, 15) is 14.7 Å². The Hall–Kier alpha value is -3.88. The Bertz CT molecular complexity index is 1250. The molecule has 2 amide bonds. The maximum Gasteiger partial charge on any atom is 0.222 e. The fourth-order valence-corrected chi connectivity index (χ4v) is 5.03. The summed E-state index contributed by atoms with van der Waals surface area (Å²) in [6, 6.07) is 25.0. The van der Waals surface area contributed by atoms with Crippen LogP contribution < -0.4 is 20.1 Å². The molecule has 3 aromatic carbocycles. The predicted octanol–water partition coefficient (Wildman–Crippen LogP) is 5.27. The molecular formula is C36H49N3O5. The van der Waals surface area contributed by atoms with Crippen molar-refractivity contribution >= 4 is 11.8 Å². The molecule has 0 aliphatic heterocycles. The number of aliphatic hydroxyl groups excluding tert-OH is 1. The number of benzene rings is 3. The van der Waals surface area contributed by atoms with Crippen LogP contribution in [0.25, 0.3) is 0 Å². The number of hydrogen-bond acceptors (Lipinski definition) is 6. The lowest BCUT2D eigenvalue weighted by molar-refractivity contribution is -0.131. The number of nitrogens with zero attached hydrogens (tertiary/aromatic N) is 1. The first-order valence-electron chi connectivity index (χ1n) is 15.8. The Morgan fingerprint density at radius 2 is 1.55 bits per heavy atom. The minimum Gasteiger partial charge on any atom is -0.497 e. The van der Waals surface area contributed by atoms with Gasteiger partial charge in [-0.15, -0.1) is 0 Å². The molecule has 3 rings (SSSR count). The number of hydrogen-bond donors (Lipinski definition) is 3. The van der Waals surface area contributed by atoms with Gasteiger partial charge in [0.15, 0.2) is 0 Å². The lowest BCUT2D eigenvalue weighted by Crippen LogP contribution is -2.48. The molecule has 0 aliphatic rings. The maximum absolute atomic E-state index is 13.0. The molecule has 238 valence electrons.